The number of rotatable bonds is 5. The first-order chi connectivity index (χ1) is 12.2. The van der Waals surface area contributed by atoms with Crippen molar-refractivity contribution in [1.29, 1.82) is 0 Å². The molecule has 134 valence electrons. The molecule has 1 aromatic heterocycles. The van der Waals surface area contributed by atoms with Gasteiger partial charge in [-0.2, -0.15) is 0 Å². The van der Waals surface area contributed by atoms with Crippen LogP contribution in [0.4, 0.5) is 10.5 Å². The SMILES string of the molecule is CCCC1c2cccn2CCN1C(=O)Nc1cc(OC)cc(OC)c1. The van der Waals surface area contributed by atoms with E-state index in [0.717, 1.165) is 19.4 Å². The van der Waals surface area contributed by atoms with E-state index in [1.54, 1.807) is 32.4 Å². The van der Waals surface area contributed by atoms with Crippen LogP contribution in [-0.2, 0) is 6.54 Å². The molecule has 2 amide bonds. The number of amides is 2. The molecule has 1 unspecified atom stereocenters. The Balaban J connectivity index is 1.81. The van der Waals surface area contributed by atoms with Crippen molar-refractivity contribution in [2.75, 3.05) is 26.1 Å². The number of ether oxygens (including phenoxy) is 2. The third-order valence-corrected chi connectivity index (χ3v) is 4.59. The lowest BCUT2D eigenvalue weighted by atomic mass is 10.0. The summed E-state index contributed by atoms with van der Waals surface area (Å²) >= 11 is 0. The van der Waals surface area contributed by atoms with Gasteiger partial charge >= 0.3 is 6.03 Å². The highest BCUT2D eigenvalue weighted by Gasteiger charge is 2.30. The summed E-state index contributed by atoms with van der Waals surface area (Å²) in [5, 5.41) is 2.99. The lowest BCUT2D eigenvalue weighted by Crippen LogP contribution is -2.44. The number of urea groups is 1. The first kappa shape index (κ1) is 17.2. The van der Waals surface area contributed by atoms with E-state index in [-0.39, 0.29) is 12.1 Å². The molecule has 2 aromatic rings. The number of hydrogen-bond donors (Lipinski definition) is 1. The van der Waals surface area contributed by atoms with Crippen molar-refractivity contribution in [1.82, 2.24) is 9.47 Å². The highest BCUT2D eigenvalue weighted by molar-refractivity contribution is 5.90. The average molecular weight is 343 g/mol. The average Bonchev–Trinajstić information content (AvgIpc) is 3.10. The Bertz CT molecular complexity index is 719. The van der Waals surface area contributed by atoms with Gasteiger partial charge in [-0.15, -0.1) is 0 Å². The van der Waals surface area contributed by atoms with Crippen LogP contribution in [-0.4, -0.2) is 36.3 Å². The van der Waals surface area contributed by atoms with Gasteiger partial charge in [0.1, 0.15) is 11.5 Å². The molecule has 1 aliphatic rings. The summed E-state index contributed by atoms with van der Waals surface area (Å²) in [6, 6.07) is 9.52. The number of aromatic nitrogens is 1. The Hall–Kier alpha value is -2.63. The minimum Gasteiger partial charge on any atom is -0.497 e. The predicted molar refractivity (Wildman–Crippen MR) is 97.4 cm³/mol. The smallest absolute Gasteiger partial charge is 0.322 e. The molecule has 0 radical (unpaired) electrons. The number of benzene rings is 1. The van der Waals surface area contributed by atoms with E-state index < -0.39 is 0 Å². The Labute approximate surface area is 148 Å². The summed E-state index contributed by atoms with van der Waals surface area (Å²) in [6.07, 6.45) is 4.05. The molecule has 0 fully saturated rings. The normalized spacial score (nSPS) is 16.3. The summed E-state index contributed by atoms with van der Waals surface area (Å²) in [7, 11) is 3.19. The van der Waals surface area contributed by atoms with E-state index >= 15 is 0 Å². The van der Waals surface area contributed by atoms with Crippen LogP contribution in [0.2, 0.25) is 0 Å². The van der Waals surface area contributed by atoms with Crippen molar-refractivity contribution in [3.8, 4) is 11.5 Å². The molecule has 1 aliphatic heterocycles. The van der Waals surface area contributed by atoms with E-state index in [9.17, 15) is 4.79 Å². The molecule has 3 rings (SSSR count). The van der Waals surface area contributed by atoms with Crippen LogP contribution in [0, 0.1) is 0 Å². The van der Waals surface area contributed by atoms with Crippen molar-refractivity contribution >= 4 is 11.7 Å². The van der Waals surface area contributed by atoms with Crippen LogP contribution in [0.3, 0.4) is 0 Å². The van der Waals surface area contributed by atoms with Crippen LogP contribution in [0.15, 0.2) is 36.5 Å². The zero-order valence-electron chi connectivity index (χ0n) is 15.0. The molecule has 0 spiro atoms. The van der Waals surface area contributed by atoms with E-state index in [0.29, 0.717) is 23.7 Å². The third kappa shape index (κ3) is 3.57. The Morgan fingerprint density at radius 1 is 1.20 bits per heavy atom. The van der Waals surface area contributed by atoms with Gasteiger partial charge in [-0.1, -0.05) is 13.3 Å². The van der Waals surface area contributed by atoms with Crippen LogP contribution in [0.5, 0.6) is 11.5 Å². The lowest BCUT2D eigenvalue weighted by molar-refractivity contribution is 0.163. The summed E-state index contributed by atoms with van der Waals surface area (Å²) in [5.74, 6) is 1.29. The van der Waals surface area contributed by atoms with Gasteiger partial charge in [0.05, 0.1) is 20.3 Å². The first-order valence-corrected chi connectivity index (χ1v) is 8.62. The Morgan fingerprint density at radius 3 is 2.56 bits per heavy atom. The van der Waals surface area contributed by atoms with Crippen molar-refractivity contribution in [2.45, 2.75) is 32.4 Å². The molecule has 2 heterocycles. The fraction of sp³-hybridized carbons (Fsp3) is 0.421. The van der Waals surface area contributed by atoms with Gasteiger partial charge < -0.3 is 24.3 Å². The van der Waals surface area contributed by atoms with Gasteiger partial charge in [0, 0.05) is 48.9 Å². The van der Waals surface area contributed by atoms with Gasteiger partial charge in [-0.05, 0) is 18.6 Å². The third-order valence-electron chi connectivity index (χ3n) is 4.59. The number of nitrogens with zero attached hydrogens (tertiary/aromatic N) is 2. The minimum atomic E-state index is -0.0961. The van der Waals surface area contributed by atoms with Crippen LogP contribution < -0.4 is 14.8 Å². The van der Waals surface area contributed by atoms with Gasteiger partial charge in [-0.3, -0.25) is 0 Å². The second-order valence-corrected chi connectivity index (χ2v) is 6.16. The molecule has 6 heteroatoms. The first-order valence-electron chi connectivity index (χ1n) is 8.62. The van der Waals surface area contributed by atoms with Crippen LogP contribution >= 0.6 is 0 Å². The van der Waals surface area contributed by atoms with Crippen LogP contribution in [0.1, 0.15) is 31.5 Å². The number of carbonyl (C=O) groups excluding carboxylic acids is 1. The maximum Gasteiger partial charge on any atom is 0.322 e. The topological polar surface area (TPSA) is 55.7 Å². The zero-order chi connectivity index (χ0) is 17.8. The van der Waals surface area contributed by atoms with Crippen molar-refractivity contribution in [3.05, 3.63) is 42.2 Å². The van der Waals surface area contributed by atoms with E-state index in [2.05, 4.69) is 29.1 Å². The molecule has 1 atom stereocenters. The second-order valence-electron chi connectivity index (χ2n) is 6.16. The molecular weight excluding hydrogens is 318 g/mol. The van der Waals surface area contributed by atoms with Gasteiger partial charge in [0.25, 0.3) is 0 Å². The minimum absolute atomic E-state index is 0.0961. The second kappa shape index (κ2) is 7.51. The lowest BCUT2D eigenvalue weighted by Gasteiger charge is -2.37. The zero-order valence-corrected chi connectivity index (χ0v) is 15.0. The number of hydrogen-bond acceptors (Lipinski definition) is 3. The molecule has 0 aliphatic carbocycles. The monoisotopic (exact) mass is 343 g/mol. The maximum atomic E-state index is 12.9. The maximum absolute atomic E-state index is 12.9. The summed E-state index contributed by atoms with van der Waals surface area (Å²) in [6.45, 7) is 3.65. The summed E-state index contributed by atoms with van der Waals surface area (Å²) < 4.78 is 12.8. The van der Waals surface area contributed by atoms with E-state index in [1.165, 1.54) is 5.69 Å². The largest absolute Gasteiger partial charge is 0.497 e. The molecule has 0 saturated carbocycles. The molecule has 1 aromatic carbocycles. The fourth-order valence-corrected chi connectivity index (χ4v) is 3.36. The molecule has 25 heavy (non-hydrogen) atoms. The van der Waals surface area contributed by atoms with Gasteiger partial charge in [0.2, 0.25) is 0 Å². The number of fused-ring (bicyclic) bond motifs is 1. The van der Waals surface area contributed by atoms with E-state index in [4.69, 9.17) is 9.47 Å². The Morgan fingerprint density at radius 2 is 1.92 bits per heavy atom. The highest BCUT2D eigenvalue weighted by atomic mass is 16.5. The van der Waals surface area contributed by atoms with Crippen LogP contribution in [0.25, 0.3) is 0 Å². The molecule has 0 bridgehead atoms. The van der Waals surface area contributed by atoms with Crippen molar-refractivity contribution in [3.63, 3.8) is 0 Å². The molecule has 1 N–H and O–H groups in total. The Kier molecular flexibility index (Phi) is 5.16. The molecular formula is C19H25N3O3. The number of carbonyl (C=O) groups is 1. The van der Waals surface area contributed by atoms with Gasteiger partial charge in [-0.25, -0.2) is 4.79 Å². The summed E-state index contributed by atoms with van der Waals surface area (Å²) in [4.78, 5) is 14.8. The summed E-state index contributed by atoms with van der Waals surface area (Å²) in [5.41, 5.74) is 1.86. The standard InChI is InChI=1S/C19H25N3O3/c1-4-6-18-17-7-5-8-21(17)9-10-22(18)19(23)20-14-11-15(24-2)13-16(12-14)25-3/h5,7-8,11-13,18H,4,6,9-10H2,1-3H3,(H,20,23). The van der Waals surface area contributed by atoms with Crippen molar-refractivity contribution < 1.29 is 14.3 Å². The van der Waals surface area contributed by atoms with Crippen molar-refractivity contribution in [2.24, 2.45) is 0 Å². The predicted octanol–water partition coefficient (Wildman–Crippen LogP) is 3.89. The molecule has 0 saturated heterocycles. The molecule has 6 nitrogen and oxygen atoms in total. The number of anilines is 1. The van der Waals surface area contributed by atoms with E-state index in [1.807, 2.05) is 11.0 Å². The number of nitrogens with one attached hydrogen (secondary N) is 1. The fourth-order valence-electron chi connectivity index (χ4n) is 3.36. The van der Waals surface area contributed by atoms with Gasteiger partial charge in [0.15, 0.2) is 0 Å². The highest BCUT2D eigenvalue weighted by Crippen LogP contribution is 2.31. The quantitative estimate of drug-likeness (QED) is 0.896. The number of methoxy groups -OCH3 is 2.